The molecule has 3 N–H and O–H groups in total. The number of rotatable bonds is 7. The second-order valence-electron chi connectivity index (χ2n) is 5.37. The third kappa shape index (κ3) is 5.32. The largest absolute Gasteiger partial charge is 0.480 e. The van der Waals surface area contributed by atoms with Crippen LogP contribution in [-0.2, 0) is 11.3 Å². The van der Waals surface area contributed by atoms with Crippen molar-refractivity contribution < 1.29 is 9.53 Å². The number of benzene rings is 1. The zero-order chi connectivity index (χ0) is 16.0. The van der Waals surface area contributed by atoms with Crippen LogP contribution in [0.25, 0.3) is 0 Å². The van der Waals surface area contributed by atoms with Gasteiger partial charge in [-0.1, -0.05) is 29.3 Å². The number of nitrogens with one attached hydrogen (secondary N) is 1. The molecule has 0 fully saturated rings. The summed E-state index contributed by atoms with van der Waals surface area (Å²) in [6.07, 6.45) is 1.46. The van der Waals surface area contributed by atoms with Crippen LogP contribution in [0.3, 0.4) is 0 Å². The van der Waals surface area contributed by atoms with Crippen LogP contribution in [0.5, 0.6) is 5.75 Å². The molecule has 0 aliphatic carbocycles. The standard InChI is InChI=1S/C16H25BrN2O2/c1-5-6-11(3)19-16(20)12(4)21-15-10(2)7-14(17)8-13(15)9-18/h7-8,11-12H,5-6,9,18H2,1-4H3,(H,19,20). The summed E-state index contributed by atoms with van der Waals surface area (Å²) in [4.78, 5) is 12.1. The fraction of sp³-hybridized carbons (Fsp3) is 0.562. The number of nitrogens with two attached hydrogens (primary N) is 1. The first-order chi connectivity index (χ1) is 9.88. The molecule has 118 valence electrons. The van der Waals surface area contributed by atoms with E-state index in [4.69, 9.17) is 10.5 Å². The molecular weight excluding hydrogens is 332 g/mol. The maximum atomic E-state index is 12.1. The Morgan fingerprint density at radius 3 is 2.67 bits per heavy atom. The molecule has 1 amide bonds. The number of aryl methyl sites for hydroxylation is 1. The average Bonchev–Trinajstić information content (AvgIpc) is 2.41. The zero-order valence-electron chi connectivity index (χ0n) is 13.2. The molecule has 1 aromatic rings. The number of carbonyl (C=O) groups is 1. The van der Waals surface area contributed by atoms with Crippen molar-refractivity contribution in [1.82, 2.24) is 5.32 Å². The Morgan fingerprint density at radius 1 is 1.43 bits per heavy atom. The smallest absolute Gasteiger partial charge is 0.260 e. The third-order valence-electron chi connectivity index (χ3n) is 3.31. The number of hydrogen-bond acceptors (Lipinski definition) is 3. The highest BCUT2D eigenvalue weighted by atomic mass is 79.9. The first-order valence-electron chi connectivity index (χ1n) is 7.35. The van der Waals surface area contributed by atoms with Gasteiger partial charge in [-0.2, -0.15) is 0 Å². The normalized spacial score (nSPS) is 13.6. The highest BCUT2D eigenvalue weighted by Gasteiger charge is 2.19. The van der Waals surface area contributed by atoms with Gasteiger partial charge in [-0.3, -0.25) is 4.79 Å². The van der Waals surface area contributed by atoms with Gasteiger partial charge < -0.3 is 15.8 Å². The minimum Gasteiger partial charge on any atom is -0.480 e. The van der Waals surface area contributed by atoms with Crippen molar-refractivity contribution in [2.45, 2.75) is 59.2 Å². The van der Waals surface area contributed by atoms with Gasteiger partial charge in [0.25, 0.3) is 5.91 Å². The molecule has 4 nitrogen and oxygen atoms in total. The topological polar surface area (TPSA) is 64.3 Å². The van der Waals surface area contributed by atoms with Crippen molar-refractivity contribution in [3.8, 4) is 5.75 Å². The van der Waals surface area contributed by atoms with E-state index in [1.54, 1.807) is 6.92 Å². The first-order valence-corrected chi connectivity index (χ1v) is 8.14. The Labute approximate surface area is 135 Å². The maximum Gasteiger partial charge on any atom is 0.260 e. The minimum atomic E-state index is -0.547. The van der Waals surface area contributed by atoms with E-state index in [9.17, 15) is 4.79 Å². The predicted molar refractivity (Wildman–Crippen MR) is 89.4 cm³/mol. The van der Waals surface area contributed by atoms with E-state index >= 15 is 0 Å². The lowest BCUT2D eigenvalue weighted by atomic mass is 10.1. The summed E-state index contributed by atoms with van der Waals surface area (Å²) in [7, 11) is 0. The van der Waals surface area contributed by atoms with E-state index in [0.717, 1.165) is 28.4 Å². The molecule has 0 heterocycles. The molecule has 0 bridgehead atoms. The summed E-state index contributed by atoms with van der Waals surface area (Å²) in [5.41, 5.74) is 7.61. The third-order valence-corrected chi connectivity index (χ3v) is 3.77. The lowest BCUT2D eigenvalue weighted by molar-refractivity contribution is -0.127. The SMILES string of the molecule is CCCC(C)NC(=O)C(C)Oc1c(C)cc(Br)cc1CN. The van der Waals surface area contributed by atoms with Gasteiger partial charge in [0.1, 0.15) is 5.75 Å². The molecule has 0 aliphatic rings. The van der Waals surface area contributed by atoms with E-state index < -0.39 is 6.10 Å². The molecule has 1 aromatic carbocycles. The monoisotopic (exact) mass is 356 g/mol. The van der Waals surface area contributed by atoms with Crippen molar-refractivity contribution in [2.75, 3.05) is 0 Å². The highest BCUT2D eigenvalue weighted by molar-refractivity contribution is 9.10. The maximum absolute atomic E-state index is 12.1. The van der Waals surface area contributed by atoms with Gasteiger partial charge >= 0.3 is 0 Å². The van der Waals surface area contributed by atoms with Crippen LogP contribution in [0.15, 0.2) is 16.6 Å². The number of carbonyl (C=O) groups excluding carboxylic acids is 1. The fourth-order valence-corrected chi connectivity index (χ4v) is 2.83. The molecule has 21 heavy (non-hydrogen) atoms. The van der Waals surface area contributed by atoms with Crippen LogP contribution in [0.4, 0.5) is 0 Å². The van der Waals surface area contributed by atoms with E-state index in [1.807, 2.05) is 26.0 Å². The van der Waals surface area contributed by atoms with Gasteiger partial charge in [0, 0.05) is 22.6 Å². The quantitative estimate of drug-likeness (QED) is 0.787. The molecule has 0 aliphatic heterocycles. The van der Waals surface area contributed by atoms with Crippen LogP contribution in [0.1, 0.15) is 44.7 Å². The molecular formula is C16H25BrN2O2. The molecule has 1 rings (SSSR count). The number of ether oxygens (including phenoxy) is 1. The van der Waals surface area contributed by atoms with E-state index in [0.29, 0.717) is 12.3 Å². The average molecular weight is 357 g/mol. The Hall–Kier alpha value is -1.07. The lowest BCUT2D eigenvalue weighted by Crippen LogP contribution is -2.41. The second-order valence-corrected chi connectivity index (χ2v) is 6.29. The van der Waals surface area contributed by atoms with Crippen molar-refractivity contribution in [3.63, 3.8) is 0 Å². The summed E-state index contributed by atoms with van der Waals surface area (Å²) in [5, 5.41) is 2.96. The molecule has 0 saturated heterocycles. The Kier molecular flexibility index (Phi) is 7.18. The molecule has 0 spiro atoms. The molecule has 0 aromatic heterocycles. The van der Waals surface area contributed by atoms with Crippen molar-refractivity contribution in [3.05, 3.63) is 27.7 Å². The van der Waals surface area contributed by atoms with E-state index in [1.165, 1.54) is 0 Å². The van der Waals surface area contributed by atoms with Gasteiger partial charge in [-0.25, -0.2) is 0 Å². The minimum absolute atomic E-state index is 0.0961. The van der Waals surface area contributed by atoms with Gasteiger partial charge in [-0.15, -0.1) is 0 Å². The Morgan fingerprint density at radius 2 is 2.10 bits per heavy atom. The van der Waals surface area contributed by atoms with Gasteiger partial charge in [-0.05, 0) is 44.9 Å². The highest BCUT2D eigenvalue weighted by Crippen LogP contribution is 2.28. The zero-order valence-corrected chi connectivity index (χ0v) is 14.8. The number of hydrogen-bond donors (Lipinski definition) is 2. The van der Waals surface area contributed by atoms with Crippen LogP contribution in [-0.4, -0.2) is 18.1 Å². The van der Waals surface area contributed by atoms with Crippen LogP contribution in [0.2, 0.25) is 0 Å². The Balaban J connectivity index is 2.79. The summed E-state index contributed by atoms with van der Waals surface area (Å²) >= 11 is 3.44. The van der Waals surface area contributed by atoms with Crippen LogP contribution in [0, 0.1) is 6.92 Å². The first kappa shape index (κ1) is 18.0. The van der Waals surface area contributed by atoms with Gasteiger partial charge in [0.2, 0.25) is 0 Å². The molecule has 0 radical (unpaired) electrons. The Bertz CT molecular complexity index is 491. The molecule has 5 heteroatoms. The van der Waals surface area contributed by atoms with Gasteiger partial charge in [0.15, 0.2) is 6.10 Å². The van der Waals surface area contributed by atoms with E-state index in [-0.39, 0.29) is 11.9 Å². The molecule has 0 saturated carbocycles. The van der Waals surface area contributed by atoms with E-state index in [2.05, 4.69) is 28.2 Å². The summed E-state index contributed by atoms with van der Waals surface area (Å²) in [6, 6.07) is 4.04. The van der Waals surface area contributed by atoms with Crippen molar-refractivity contribution in [2.24, 2.45) is 5.73 Å². The molecule has 2 atom stereocenters. The lowest BCUT2D eigenvalue weighted by Gasteiger charge is -2.21. The second kappa shape index (κ2) is 8.39. The number of halogens is 1. The van der Waals surface area contributed by atoms with Crippen LogP contribution >= 0.6 is 15.9 Å². The van der Waals surface area contributed by atoms with Gasteiger partial charge in [0.05, 0.1) is 0 Å². The summed E-state index contributed by atoms with van der Waals surface area (Å²) in [5.74, 6) is 0.604. The summed E-state index contributed by atoms with van der Waals surface area (Å²) in [6.45, 7) is 8.18. The van der Waals surface area contributed by atoms with Crippen LogP contribution < -0.4 is 15.8 Å². The molecule has 2 unspecified atom stereocenters. The van der Waals surface area contributed by atoms with Crippen molar-refractivity contribution in [1.29, 1.82) is 0 Å². The predicted octanol–water partition coefficient (Wildman–Crippen LogP) is 3.29. The number of amides is 1. The summed E-state index contributed by atoms with van der Waals surface area (Å²) < 4.78 is 6.81. The fourth-order valence-electron chi connectivity index (χ4n) is 2.22. The van der Waals surface area contributed by atoms with Crippen molar-refractivity contribution >= 4 is 21.8 Å².